The molecule has 1 atom stereocenters. The van der Waals surface area contributed by atoms with Crippen LogP contribution in [0, 0.1) is 5.82 Å². The maximum absolute atomic E-state index is 13.2. The molecule has 0 aliphatic rings. The first-order valence-corrected chi connectivity index (χ1v) is 8.27. The average molecular weight is 339 g/mol. The van der Waals surface area contributed by atoms with Crippen LogP contribution in [0.25, 0.3) is 0 Å². The molecule has 0 saturated heterocycles. The van der Waals surface area contributed by atoms with Crippen LogP contribution in [0.3, 0.4) is 0 Å². The third-order valence-electron chi connectivity index (χ3n) is 2.54. The highest BCUT2D eigenvalue weighted by Crippen LogP contribution is 2.27. The fourth-order valence-corrected chi connectivity index (χ4v) is 2.87. The van der Waals surface area contributed by atoms with Crippen LogP contribution in [0.1, 0.15) is 24.4 Å². The Balaban J connectivity index is 2.74. The summed E-state index contributed by atoms with van der Waals surface area (Å²) in [6, 6.07) is 4.05. The van der Waals surface area contributed by atoms with E-state index in [1.54, 1.807) is 6.07 Å². The monoisotopic (exact) mass is 338 g/mol. The van der Waals surface area contributed by atoms with Crippen molar-refractivity contribution in [1.82, 2.24) is 5.43 Å². The Kier molecular flexibility index (Phi) is 5.71. The highest BCUT2D eigenvalue weighted by Gasteiger charge is 2.14. The molecule has 18 heavy (non-hydrogen) atoms. The summed E-state index contributed by atoms with van der Waals surface area (Å²) >= 11 is 3.32. The summed E-state index contributed by atoms with van der Waals surface area (Å²) in [5.74, 6) is 5.18. The summed E-state index contributed by atoms with van der Waals surface area (Å²) in [7, 11) is -2.98. The minimum atomic E-state index is -2.98. The highest BCUT2D eigenvalue weighted by molar-refractivity contribution is 9.10. The number of hydrogen-bond acceptors (Lipinski definition) is 4. The lowest BCUT2D eigenvalue weighted by atomic mass is 10.0. The van der Waals surface area contributed by atoms with Gasteiger partial charge in [-0.15, -0.1) is 0 Å². The number of rotatable bonds is 6. The Labute approximate surface area is 115 Å². The standard InChI is InChI=1S/C11H16BrFN2O2S/c1-18(16,17)6-2-3-11(15-14)9-7-8(13)4-5-10(9)12/h4-5,7,11,15H,2-3,6,14H2,1H3. The van der Waals surface area contributed by atoms with Gasteiger partial charge in [-0.3, -0.25) is 11.3 Å². The molecule has 0 fully saturated rings. The van der Waals surface area contributed by atoms with Crippen molar-refractivity contribution in [3.8, 4) is 0 Å². The van der Waals surface area contributed by atoms with E-state index < -0.39 is 9.84 Å². The van der Waals surface area contributed by atoms with Crippen molar-refractivity contribution < 1.29 is 12.8 Å². The molecule has 7 heteroatoms. The largest absolute Gasteiger partial charge is 0.271 e. The molecule has 0 aliphatic carbocycles. The van der Waals surface area contributed by atoms with Gasteiger partial charge in [-0.1, -0.05) is 15.9 Å². The van der Waals surface area contributed by atoms with Gasteiger partial charge in [0.15, 0.2) is 0 Å². The third-order valence-corrected chi connectivity index (χ3v) is 4.30. The van der Waals surface area contributed by atoms with Gasteiger partial charge in [-0.2, -0.15) is 0 Å². The second-order valence-electron chi connectivity index (χ2n) is 4.16. The molecule has 4 nitrogen and oxygen atoms in total. The molecule has 0 spiro atoms. The van der Waals surface area contributed by atoms with Crippen LogP contribution >= 0.6 is 15.9 Å². The van der Waals surface area contributed by atoms with E-state index in [1.165, 1.54) is 18.4 Å². The molecule has 0 bridgehead atoms. The predicted octanol–water partition coefficient (Wildman–Crippen LogP) is 1.92. The van der Waals surface area contributed by atoms with Gasteiger partial charge in [0.1, 0.15) is 15.7 Å². The Bertz CT molecular complexity index is 508. The molecule has 1 aromatic carbocycles. The number of hydrazine groups is 1. The molecule has 102 valence electrons. The number of sulfone groups is 1. The summed E-state index contributed by atoms with van der Waals surface area (Å²) in [6.07, 6.45) is 2.18. The molecule has 0 heterocycles. The van der Waals surface area contributed by atoms with Crippen molar-refractivity contribution in [3.05, 3.63) is 34.1 Å². The van der Waals surface area contributed by atoms with Crippen molar-refractivity contribution in [3.63, 3.8) is 0 Å². The van der Waals surface area contributed by atoms with E-state index in [4.69, 9.17) is 5.84 Å². The van der Waals surface area contributed by atoms with E-state index in [-0.39, 0.29) is 17.6 Å². The topological polar surface area (TPSA) is 72.2 Å². The number of halogens is 2. The van der Waals surface area contributed by atoms with E-state index in [9.17, 15) is 12.8 Å². The second kappa shape index (κ2) is 6.60. The van der Waals surface area contributed by atoms with Crippen molar-refractivity contribution in [2.24, 2.45) is 5.84 Å². The first-order valence-electron chi connectivity index (χ1n) is 5.42. The Morgan fingerprint density at radius 2 is 2.17 bits per heavy atom. The summed E-state index contributed by atoms with van der Waals surface area (Å²) in [5, 5.41) is 0. The van der Waals surface area contributed by atoms with Crippen molar-refractivity contribution >= 4 is 25.8 Å². The molecule has 0 aromatic heterocycles. The molecular weight excluding hydrogens is 323 g/mol. The zero-order valence-corrected chi connectivity index (χ0v) is 12.4. The van der Waals surface area contributed by atoms with Crippen molar-refractivity contribution in [2.45, 2.75) is 18.9 Å². The maximum atomic E-state index is 13.2. The Morgan fingerprint density at radius 1 is 1.50 bits per heavy atom. The molecule has 0 amide bonds. The first kappa shape index (κ1) is 15.6. The van der Waals surface area contributed by atoms with E-state index in [1.807, 2.05) is 0 Å². The van der Waals surface area contributed by atoms with Crippen LogP contribution in [-0.4, -0.2) is 20.4 Å². The Morgan fingerprint density at radius 3 is 2.72 bits per heavy atom. The van der Waals surface area contributed by atoms with E-state index >= 15 is 0 Å². The Hall–Kier alpha value is -0.500. The third kappa shape index (κ3) is 5.01. The lowest BCUT2D eigenvalue weighted by molar-refractivity contribution is 0.502. The van der Waals surface area contributed by atoms with Crippen LogP contribution < -0.4 is 11.3 Å². The first-order chi connectivity index (χ1) is 8.33. The number of nitrogens with two attached hydrogens (primary N) is 1. The zero-order chi connectivity index (χ0) is 13.8. The molecular formula is C11H16BrFN2O2S. The lowest BCUT2D eigenvalue weighted by Gasteiger charge is -2.17. The molecule has 1 unspecified atom stereocenters. The molecule has 3 N–H and O–H groups in total. The van der Waals surface area contributed by atoms with Crippen molar-refractivity contribution in [2.75, 3.05) is 12.0 Å². The van der Waals surface area contributed by atoms with Crippen molar-refractivity contribution in [1.29, 1.82) is 0 Å². The van der Waals surface area contributed by atoms with E-state index in [0.717, 1.165) is 4.47 Å². The minimum absolute atomic E-state index is 0.0954. The normalized spacial score (nSPS) is 13.6. The van der Waals surface area contributed by atoms with E-state index in [0.29, 0.717) is 18.4 Å². The van der Waals surface area contributed by atoms with Gasteiger partial charge < -0.3 is 0 Å². The van der Waals surface area contributed by atoms with Gasteiger partial charge in [-0.05, 0) is 36.6 Å². The summed E-state index contributed by atoms with van der Waals surface area (Å²) in [5.41, 5.74) is 3.27. The maximum Gasteiger partial charge on any atom is 0.147 e. The number of nitrogens with one attached hydrogen (secondary N) is 1. The summed E-state index contributed by atoms with van der Waals surface area (Å²) in [4.78, 5) is 0. The van der Waals surface area contributed by atoms with Crippen LogP contribution in [0.15, 0.2) is 22.7 Å². The minimum Gasteiger partial charge on any atom is -0.271 e. The average Bonchev–Trinajstić information content (AvgIpc) is 2.27. The zero-order valence-electron chi connectivity index (χ0n) is 9.99. The smallest absolute Gasteiger partial charge is 0.147 e. The van der Waals surface area contributed by atoms with Gasteiger partial charge in [0.2, 0.25) is 0 Å². The van der Waals surface area contributed by atoms with Gasteiger partial charge >= 0.3 is 0 Å². The van der Waals surface area contributed by atoms with Crippen LogP contribution in [0.5, 0.6) is 0 Å². The number of benzene rings is 1. The summed E-state index contributed by atoms with van der Waals surface area (Å²) < 4.78 is 36.0. The molecule has 1 aromatic rings. The van der Waals surface area contributed by atoms with Crippen LogP contribution in [0.4, 0.5) is 4.39 Å². The fourth-order valence-electron chi connectivity index (χ4n) is 1.66. The number of hydrogen-bond donors (Lipinski definition) is 2. The quantitative estimate of drug-likeness (QED) is 0.614. The van der Waals surface area contributed by atoms with Crippen LogP contribution in [0.2, 0.25) is 0 Å². The predicted molar refractivity (Wildman–Crippen MR) is 73.1 cm³/mol. The van der Waals surface area contributed by atoms with Gasteiger partial charge in [-0.25, -0.2) is 12.8 Å². The molecule has 0 aliphatic heterocycles. The fraction of sp³-hybridized carbons (Fsp3) is 0.455. The highest BCUT2D eigenvalue weighted by atomic mass is 79.9. The lowest BCUT2D eigenvalue weighted by Crippen LogP contribution is -2.28. The summed E-state index contributed by atoms with van der Waals surface area (Å²) in [6.45, 7) is 0. The van der Waals surface area contributed by atoms with E-state index in [2.05, 4.69) is 21.4 Å². The van der Waals surface area contributed by atoms with Crippen LogP contribution in [-0.2, 0) is 9.84 Å². The van der Waals surface area contributed by atoms with Gasteiger partial charge in [0.25, 0.3) is 0 Å². The second-order valence-corrected chi connectivity index (χ2v) is 7.27. The molecule has 0 radical (unpaired) electrons. The molecule has 0 saturated carbocycles. The van der Waals surface area contributed by atoms with Gasteiger partial charge in [0.05, 0.1) is 0 Å². The van der Waals surface area contributed by atoms with Gasteiger partial charge in [0, 0.05) is 22.5 Å². The molecule has 1 rings (SSSR count). The SMILES string of the molecule is CS(=O)(=O)CCCC(NN)c1cc(F)ccc1Br.